The van der Waals surface area contributed by atoms with E-state index >= 15 is 0 Å². The molecule has 2 rings (SSSR count). The van der Waals surface area contributed by atoms with Gasteiger partial charge in [-0.3, -0.25) is 0 Å². The fourth-order valence-corrected chi connectivity index (χ4v) is 3.24. The predicted molar refractivity (Wildman–Crippen MR) is 98.4 cm³/mol. The van der Waals surface area contributed by atoms with Crippen molar-refractivity contribution < 1.29 is 8.42 Å². The van der Waals surface area contributed by atoms with Gasteiger partial charge in [0.25, 0.3) is 0 Å². The highest BCUT2D eigenvalue weighted by molar-refractivity contribution is 7.89. The van der Waals surface area contributed by atoms with E-state index < -0.39 is 10.0 Å². The van der Waals surface area contributed by atoms with Gasteiger partial charge in [-0.05, 0) is 50.5 Å². The maximum atomic E-state index is 12.3. The van der Waals surface area contributed by atoms with Gasteiger partial charge in [0.1, 0.15) is 0 Å². The predicted octanol–water partition coefficient (Wildman–Crippen LogP) is 3.10. The standard InChI is InChI=1S/C19H26N2O2S/c1-19(2,3)20-15-17-9-11-18(12-10-17)24(22,23)21-14-13-16-7-5-4-6-8-16/h4-12,20-21H,13-15H2,1-3H3. The third-order valence-electron chi connectivity index (χ3n) is 3.61. The van der Waals surface area contributed by atoms with Gasteiger partial charge in [0.05, 0.1) is 4.90 Å². The molecule has 0 aliphatic carbocycles. The SMILES string of the molecule is CC(C)(C)NCc1ccc(S(=O)(=O)NCCc2ccccc2)cc1. The number of sulfonamides is 1. The van der Waals surface area contributed by atoms with Gasteiger partial charge < -0.3 is 5.32 Å². The summed E-state index contributed by atoms with van der Waals surface area (Å²) in [4.78, 5) is 0.301. The maximum Gasteiger partial charge on any atom is 0.240 e. The van der Waals surface area contributed by atoms with Crippen molar-refractivity contribution >= 4 is 10.0 Å². The van der Waals surface area contributed by atoms with Crippen LogP contribution in [-0.2, 0) is 23.0 Å². The van der Waals surface area contributed by atoms with Gasteiger partial charge in [-0.25, -0.2) is 13.1 Å². The fourth-order valence-electron chi connectivity index (χ4n) is 2.21. The average Bonchev–Trinajstić information content (AvgIpc) is 2.53. The Hall–Kier alpha value is -1.69. The molecule has 0 aliphatic heterocycles. The molecule has 24 heavy (non-hydrogen) atoms. The lowest BCUT2D eigenvalue weighted by Crippen LogP contribution is -2.35. The lowest BCUT2D eigenvalue weighted by molar-refractivity contribution is 0.424. The molecular weight excluding hydrogens is 320 g/mol. The smallest absolute Gasteiger partial charge is 0.240 e. The van der Waals surface area contributed by atoms with Crippen LogP contribution in [0, 0.1) is 0 Å². The van der Waals surface area contributed by atoms with Crippen LogP contribution in [0.1, 0.15) is 31.9 Å². The highest BCUT2D eigenvalue weighted by Crippen LogP contribution is 2.12. The second-order valence-corrected chi connectivity index (χ2v) is 8.65. The molecule has 0 saturated heterocycles. The first-order chi connectivity index (χ1) is 11.3. The van der Waals surface area contributed by atoms with Crippen LogP contribution in [0.3, 0.4) is 0 Å². The van der Waals surface area contributed by atoms with Crippen LogP contribution < -0.4 is 10.0 Å². The van der Waals surface area contributed by atoms with E-state index in [1.165, 1.54) is 0 Å². The molecule has 0 fully saturated rings. The average molecular weight is 346 g/mol. The largest absolute Gasteiger partial charge is 0.308 e. The topological polar surface area (TPSA) is 58.2 Å². The Kier molecular flexibility index (Phi) is 6.15. The van der Waals surface area contributed by atoms with Crippen LogP contribution in [0.4, 0.5) is 0 Å². The molecule has 0 radical (unpaired) electrons. The Bertz CT molecular complexity index is 733. The highest BCUT2D eigenvalue weighted by atomic mass is 32.2. The Morgan fingerprint density at radius 2 is 1.50 bits per heavy atom. The van der Waals surface area contributed by atoms with E-state index in [1.807, 2.05) is 42.5 Å². The molecule has 2 aromatic carbocycles. The minimum absolute atomic E-state index is 0.0315. The van der Waals surface area contributed by atoms with Crippen molar-refractivity contribution in [2.24, 2.45) is 0 Å². The van der Waals surface area contributed by atoms with Gasteiger partial charge in [0, 0.05) is 18.6 Å². The molecule has 0 amide bonds. The first kappa shape index (κ1) is 18.6. The first-order valence-corrected chi connectivity index (χ1v) is 9.62. The first-order valence-electron chi connectivity index (χ1n) is 8.14. The molecule has 0 bridgehead atoms. The van der Waals surface area contributed by atoms with Gasteiger partial charge in [-0.1, -0.05) is 42.5 Å². The van der Waals surface area contributed by atoms with Crippen LogP contribution in [0.2, 0.25) is 0 Å². The van der Waals surface area contributed by atoms with Crippen LogP contribution in [0.25, 0.3) is 0 Å². The molecule has 0 atom stereocenters. The van der Waals surface area contributed by atoms with Crippen molar-refractivity contribution in [1.29, 1.82) is 0 Å². The van der Waals surface area contributed by atoms with Gasteiger partial charge in [0.15, 0.2) is 0 Å². The summed E-state index contributed by atoms with van der Waals surface area (Å²) in [6, 6.07) is 16.9. The molecule has 0 aliphatic rings. The van der Waals surface area contributed by atoms with Crippen molar-refractivity contribution in [1.82, 2.24) is 10.0 Å². The van der Waals surface area contributed by atoms with Gasteiger partial charge >= 0.3 is 0 Å². The summed E-state index contributed by atoms with van der Waals surface area (Å²) >= 11 is 0. The van der Waals surface area contributed by atoms with Crippen molar-refractivity contribution in [3.63, 3.8) is 0 Å². The van der Waals surface area contributed by atoms with Crippen molar-refractivity contribution in [2.75, 3.05) is 6.54 Å². The zero-order valence-corrected chi connectivity index (χ0v) is 15.4. The van der Waals surface area contributed by atoms with Crippen molar-refractivity contribution in [3.8, 4) is 0 Å². The van der Waals surface area contributed by atoms with E-state index in [4.69, 9.17) is 0 Å². The van der Waals surface area contributed by atoms with Gasteiger partial charge in [0.2, 0.25) is 10.0 Å². The number of hydrogen-bond donors (Lipinski definition) is 2. The minimum atomic E-state index is -3.46. The minimum Gasteiger partial charge on any atom is -0.308 e. The molecule has 0 unspecified atom stereocenters. The summed E-state index contributed by atoms with van der Waals surface area (Å²) in [6.07, 6.45) is 0.674. The molecule has 0 spiro atoms. The van der Waals surface area contributed by atoms with Crippen LogP contribution in [0.15, 0.2) is 59.5 Å². The quantitative estimate of drug-likeness (QED) is 0.810. The number of benzene rings is 2. The van der Waals surface area contributed by atoms with E-state index in [0.29, 0.717) is 24.4 Å². The Morgan fingerprint density at radius 3 is 2.08 bits per heavy atom. The van der Waals surface area contributed by atoms with E-state index in [-0.39, 0.29) is 5.54 Å². The lowest BCUT2D eigenvalue weighted by Gasteiger charge is -2.20. The molecule has 130 valence electrons. The second kappa shape index (κ2) is 7.92. The Balaban J connectivity index is 1.91. The summed E-state index contributed by atoms with van der Waals surface area (Å²) < 4.78 is 27.3. The van der Waals surface area contributed by atoms with Crippen molar-refractivity contribution in [3.05, 3.63) is 65.7 Å². The van der Waals surface area contributed by atoms with Crippen LogP contribution in [0.5, 0.6) is 0 Å². The molecule has 2 aromatic rings. The number of hydrogen-bond acceptors (Lipinski definition) is 3. The highest BCUT2D eigenvalue weighted by Gasteiger charge is 2.14. The molecule has 0 saturated carbocycles. The summed E-state index contributed by atoms with van der Waals surface area (Å²) in [5.74, 6) is 0. The molecule has 0 aromatic heterocycles. The molecule has 2 N–H and O–H groups in total. The Morgan fingerprint density at radius 1 is 0.875 bits per heavy atom. The van der Waals surface area contributed by atoms with E-state index in [1.54, 1.807) is 12.1 Å². The van der Waals surface area contributed by atoms with Crippen LogP contribution in [-0.4, -0.2) is 20.5 Å². The third kappa shape index (κ3) is 6.07. The van der Waals surface area contributed by atoms with Crippen LogP contribution >= 0.6 is 0 Å². The summed E-state index contributed by atoms with van der Waals surface area (Å²) in [5.41, 5.74) is 2.21. The third-order valence-corrected chi connectivity index (χ3v) is 5.08. The zero-order valence-electron chi connectivity index (χ0n) is 14.5. The van der Waals surface area contributed by atoms with E-state index in [0.717, 1.165) is 11.1 Å². The van der Waals surface area contributed by atoms with E-state index in [2.05, 4.69) is 30.8 Å². The lowest BCUT2D eigenvalue weighted by atomic mass is 10.1. The summed E-state index contributed by atoms with van der Waals surface area (Å²) in [7, 11) is -3.46. The molecule has 5 heteroatoms. The Labute approximate surface area is 145 Å². The maximum absolute atomic E-state index is 12.3. The summed E-state index contributed by atoms with van der Waals surface area (Å²) in [5, 5.41) is 3.38. The normalized spacial score (nSPS) is 12.3. The second-order valence-electron chi connectivity index (χ2n) is 6.88. The summed E-state index contributed by atoms with van der Waals surface area (Å²) in [6.45, 7) is 7.40. The molecule has 0 heterocycles. The number of rotatable bonds is 7. The molecular formula is C19H26N2O2S. The molecule has 4 nitrogen and oxygen atoms in total. The van der Waals surface area contributed by atoms with Crippen molar-refractivity contribution in [2.45, 2.75) is 44.2 Å². The zero-order chi connectivity index (χ0) is 17.6. The van der Waals surface area contributed by atoms with E-state index in [9.17, 15) is 8.42 Å². The van der Waals surface area contributed by atoms with Gasteiger partial charge in [-0.15, -0.1) is 0 Å². The van der Waals surface area contributed by atoms with Gasteiger partial charge in [-0.2, -0.15) is 0 Å². The monoisotopic (exact) mass is 346 g/mol. The fraction of sp³-hybridized carbons (Fsp3) is 0.368. The number of nitrogens with one attached hydrogen (secondary N) is 2.